The van der Waals surface area contributed by atoms with Crippen molar-refractivity contribution < 1.29 is 28.6 Å². The van der Waals surface area contributed by atoms with Crippen molar-refractivity contribution in [2.45, 2.75) is 317 Å². The average molecular weight is 877 g/mol. The van der Waals surface area contributed by atoms with Gasteiger partial charge in [-0.05, 0) is 31.1 Å². The molecule has 0 heterocycles. The van der Waals surface area contributed by atoms with Crippen LogP contribution in [0.15, 0.2) is 0 Å². The van der Waals surface area contributed by atoms with E-state index < -0.39 is 6.10 Å². The molecule has 0 rings (SSSR count). The van der Waals surface area contributed by atoms with Gasteiger partial charge in [-0.3, -0.25) is 14.4 Å². The van der Waals surface area contributed by atoms with Crippen LogP contribution in [0.5, 0.6) is 0 Å². The average Bonchev–Trinajstić information content (AvgIpc) is 3.26. The number of esters is 3. The predicted octanol–water partition coefficient (Wildman–Crippen LogP) is 18.1. The Morgan fingerprint density at radius 3 is 0.919 bits per heavy atom. The fraction of sp³-hybridized carbons (Fsp3) is 0.946. The SMILES string of the molecule is CCCCCCCCCCCCCCCC(=O)OC[C@H](COC(=O)CCCCCCCCC(C)CC)OC(=O)CCCCCCCCCCCCCCCCCCCCC(C)C. The summed E-state index contributed by atoms with van der Waals surface area (Å²) in [7, 11) is 0. The minimum Gasteiger partial charge on any atom is -0.462 e. The van der Waals surface area contributed by atoms with Gasteiger partial charge < -0.3 is 14.2 Å². The molecule has 0 amide bonds. The summed E-state index contributed by atoms with van der Waals surface area (Å²) in [4.78, 5) is 38.0. The first-order chi connectivity index (χ1) is 30.3. The molecule has 62 heavy (non-hydrogen) atoms. The molecule has 0 radical (unpaired) electrons. The van der Waals surface area contributed by atoms with E-state index >= 15 is 0 Å². The molecule has 0 aromatic carbocycles. The molecule has 0 N–H and O–H groups in total. The number of unbranched alkanes of at least 4 members (excludes halogenated alkanes) is 34. The van der Waals surface area contributed by atoms with Crippen LogP contribution in [-0.2, 0) is 28.6 Å². The molecule has 0 saturated heterocycles. The second-order valence-corrected chi connectivity index (χ2v) is 19.9. The maximum absolute atomic E-state index is 12.8. The normalized spacial score (nSPS) is 12.5. The molecule has 0 aliphatic rings. The van der Waals surface area contributed by atoms with Crippen LogP contribution in [0.1, 0.15) is 311 Å². The lowest BCUT2D eigenvalue weighted by Crippen LogP contribution is -2.30. The van der Waals surface area contributed by atoms with Gasteiger partial charge in [-0.1, -0.05) is 272 Å². The topological polar surface area (TPSA) is 78.9 Å². The lowest BCUT2D eigenvalue weighted by atomic mass is 10.00. The summed E-state index contributed by atoms with van der Waals surface area (Å²) in [6.07, 6.45) is 51.0. The van der Waals surface area contributed by atoms with Crippen molar-refractivity contribution in [1.29, 1.82) is 0 Å². The van der Waals surface area contributed by atoms with Crippen molar-refractivity contribution in [3.8, 4) is 0 Å². The fourth-order valence-corrected chi connectivity index (χ4v) is 8.49. The van der Waals surface area contributed by atoms with Gasteiger partial charge >= 0.3 is 17.9 Å². The zero-order chi connectivity index (χ0) is 45.4. The smallest absolute Gasteiger partial charge is 0.306 e. The van der Waals surface area contributed by atoms with Crippen LogP contribution in [0.25, 0.3) is 0 Å². The van der Waals surface area contributed by atoms with Gasteiger partial charge in [-0.15, -0.1) is 0 Å². The van der Waals surface area contributed by atoms with E-state index in [1.165, 1.54) is 199 Å². The van der Waals surface area contributed by atoms with Crippen LogP contribution in [0, 0.1) is 11.8 Å². The minimum atomic E-state index is -0.762. The molecule has 0 aromatic rings. The van der Waals surface area contributed by atoms with Crippen LogP contribution < -0.4 is 0 Å². The summed E-state index contributed by atoms with van der Waals surface area (Å²) in [5.41, 5.74) is 0. The molecular formula is C56H108O6. The Bertz CT molecular complexity index is 949. The summed E-state index contributed by atoms with van der Waals surface area (Å²) in [6, 6.07) is 0. The quantitative estimate of drug-likeness (QED) is 0.0344. The van der Waals surface area contributed by atoms with E-state index in [-0.39, 0.29) is 31.1 Å². The molecule has 368 valence electrons. The second-order valence-electron chi connectivity index (χ2n) is 19.9. The molecule has 2 atom stereocenters. The van der Waals surface area contributed by atoms with Crippen LogP contribution in [0.4, 0.5) is 0 Å². The van der Waals surface area contributed by atoms with Gasteiger partial charge in [0, 0.05) is 19.3 Å². The number of carbonyl (C=O) groups excluding carboxylic acids is 3. The third-order valence-electron chi connectivity index (χ3n) is 13.1. The summed E-state index contributed by atoms with van der Waals surface area (Å²) < 4.78 is 16.8. The summed E-state index contributed by atoms with van der Waals surface area (Å²) in [5.74, 6) is 0.826. The number of hydrogen-bond donors (Lipinski definition) is 0. The Morgan fingerprint density at radius 1 is 0.339 bits per heavy atom. The zero-order valence-corrected chi connectivity index (χ0v) is 42.5. The van der Waals surface area contributed by atoms with Crippen LogP contribution in [0.2, 0.25) is 0 Å². The maximum Gasteiger partial charge on any atom is 0.306 e. The summed E-state index contributed by atoms with van der Waals surface area (Å²) in [5, 5.41) is 0. The monoisotopic (exact) mass is 877 g/mol. The van der Waals surface area contributed by atoms with E-state index in [0.717, 1.165) is 69.6 Å². The Hall–Kier alpha value is -1.59. The largest absolute Gasteiger partial charge is 0.462 e. The van der Waals surface area contributed by atoms with E-state index in [1.54, 1.807) is 0 Å². The second kappa shape index (κ2) is 48.9. The highest BCUT2D eigenvalue weighted by Gasteiger charge is 2.19. The fourth-order valence-electron chi connectivity index (χ4n) is 8.49. The first kappa shape index (κ1) is 60.4. The molecule has 6 nitrogen and oxygen atoms in total. The van der Waals surface area contributed by atoms with E-state index in [9.17, 15) is 14.4 Å². The van der Waals surface area contributed by atoms with Crippen molar-refractivity contribution in [2.75, 3.05) is 13.2 Å². The zero-order valence-electron chi connectivity index (χ0n) is 42.5. The van der Waals surface area contributed by atoms with Crippen molar-refractivity contribution in [3.63, 3.8) is 0 Å². The lowest BCUT2D eigenvalue weighted by molar-refractivity contribution is -0.167. The van der Waals surface area contributed by atoms with Gasteiger partial charge in [-0.25, -0.2) is 0 Å². The van der Waals surface area contributed by atoms with E-state index in [2.05, 4.69) is 34.6 Å². The van der Waals surface area contributed by atoms with Crippen LogP contribution in [0.3, 0.4) is 0 Å². The van der Waals surface area contributed by atoms with Crippen molar-refractivity contribution in [2.24, 2.45) is 11.8 Å². The molecule has 0 aromatic heterocycles. The minimum absolute atomic E-state index is 0.0638. The number of carbonyl (C=O) groups is 3. The first-order valence-corrected chi connectivity index (χ1v) is 27.8. The Morgan fingerprint density at radius 2 is 0.613 bits per heavy atom. The third kappa shape index (κ3) is 47.9. The Kier molecular flexibility index (Phi) is 47.6. The lowest BCUT2D eigenvalue weighted by Gasteiger charge is -2.18. The number of ether oxygens (including phenoxy) is 3. The molecule has 6 heteroatoms. The first-order valence-electron chi connectivity index (χ1n) is 27.8. The van der Waals surface area contributed by atoms with Gasteiger partial charge in [0.15, 0.2) is 6.10 Å². The number of hydrogen-bond acceptors (Lipinski definition) is 6. The van der Waals surface area contributed by atoms with Gasteiger partial charge in [0.05, 0.1) is 0 Å². The molecule has 0 spiro atoms. The number of rotatable bonds is 50. The van der Waals surface area contributed by atoms with Crippen molar-refractivity contribution in [1.82, 2.24) is 0 Å². The Labute approximate surface area is 387 Å². The molecule has 0 fully saturated rings. The van der Waals surface area contributed by atoms with Gasteiger partial charge in [0.25, 0.3) is 0 Å². The van der Waals surface area contributed by atoms with E-state index in [4.69, 9.17) is 14.2 Å². The standard InChI is InChI=1S/C56H108O6/c1-6-8-9-10-11-12-13-20-24-27-30-36-41-46-54(57)60-49-53(50-61-55(58)47-42-37-33-32-35-40-45-52(5)7-2)62-56(59)48-43-38-31-28-25-22-19-17-15-14-16-18-21-23-26-29-34-39-44-51(3)4/h51-53H,6-50H2,1-5H3/t52?,53-/m1/s1. The highest BCUT2D eigenvalue weighted by molar-refractivity contribution is 5.71. The molecular weight excluding hydrogens is 769 g/mol. The van der Waals surface area contributed by atoms with Crippen molar-refractivity contribution >= 4 is 17.9 Å². The molecule has 0 bridgehead atoms. The Balaban J connectivity index is 4.23. The molecule has 1 unspecified atom stereocenters. The van der Waals surface area contributed by atoms with E-state index in [1.807, 2.05) is 0 Å². The third-order valence-corrected chi connectivity index (χ3v) is 13.1. The highest BCUT2D eigenvalue weighted by atomic mass is 16.6. The van der Waals surface area contributed by atoms with Gasteiger partial charge in [0.1, 0.15) is 13.2 Å². The van der Waals surface area contributed by atoms with Gasteiger partial charge in [0.2, 0.25) is 0 Å². The molecule has 0 saturated carbocycles. The predicted molar refractivity (Wildman–Crippen MR) is 266 cm³/mol. The van der Waals surface area contributed by atoms with E-state index in [0.29, 0.717) is 19.3 Å². The maximum atomic E-state index is 12.8. The van der Waals surface area contributed by atoms with Crippen molar-refractivity contribution in [3.05, 3.63) is 0 Å². The summed E-state index contributed by atoms with van der Waals surface area (Å²) in [6.45, 7) is 11.4. The molecule has 0 aliphatic heterocycles. The van der Waals surface area contributed by atoms with Gasteiger partial charge in [-0.2, -0.15) is 0 Å². The van der Waals surface area contributed by atoms with Crippen LogP contribution in [-0.4, -0.2) is 37.2 Å². The highest BCUT2D eigenvalue weighted by Crippen LogP contribution is 2.18. The summed E-state index contributed by atoms with van der Waals surface area (Å²) >= 11 is 0. The molecule has 0 aliphatic carbocycles. The van der Waals surface area contributed by atoms with Crippen LogP contribution >= 0.6 is 0 Å².